The average molecular weight is 273 g/mol. The summed E-state index contributed by atoms with van der Waals surface area (Å²) < 4.78 is 5.52. The number of amides is 1. The Morgan fingerprint density at radius 1 is 1.45 bits per heavy atom. The fraction of sp³-hybridized carbons (Fsp3) is 0.467. The van der Waals surface area contributed by atoms with Crippen LogP contribution in [0.3, 0.4) is 0 Å². The van der Waals surface area contributed by atoms with Crippen molar-refractivity contribution in [3.63, 3.8) is 0 Å². The first-order valence-corrected chi connectivity index (χ1v) is 6.89. The number of ether oxygens (including phenoxy) is 1. The van der Waals surface area contributed by atoms with Crippen LogP contribution in [0.2, 0.25) is 0 Å². The number of likely N-dealkylation sites (tertiary alicyclic amines) is 1. The monoisotopic (exact) mass is 273 g/mol. The van der Waals surface area contributed by atoms with Gasteiger partial charge in [0.25, 0.3) is 0 Å². The van der Waals surface area contributed by atoms with Gasteiger partial charge in [-0.25, -0.2) is 0 Å². The molecule has 20 heavy (non-hydrogen) atoms. The molecule has 5 nitrogen and oxygen atoms in total. The average Bonchev–Trinajstić information content (AvgIpc) is 2.96. The molecule has 0 spiro atoms. The first-order valence-electron chi connectivity index (χ1n) is 6.89. The van der Waals surface area contributed by atoms with E-state index in [2.05, 4.69) is 11.4 Å². The number of hydrogen-bond donors (Lipinski definition) is 1. The van der Waals surface area contributed by atoms with Gasteiger partial charge in [0.15, 0.2) is 0 Å². The van der Waals surface area contributed by atoms with Crippen LogP contribution < -0.4 is 10.1 Å². The Morgan fingerprint density at radius 3 is 3.00 bits per heavy atom. The Balaban J connectivity index is 1.61. The molecule has 106 valence electrons. The van der Waals surface area contributed by atoms with Crippen LogP contribution in [0.25, 0.3) is 0 Å². The highest BCUT2D eigenvalue weighted by Crippen LogP contribution is 2.15. The zero-order valence-electron chi connectivity index (χ0n) is 11.4. The zero-order valence-corrected chi connectivity index (χ0v) is 11.4. The second kappa shape index (κ2) is 7.51. The van der Waals surface area contributed by atoms with Gasteiger partial charge in [-0.1, -0.05) is 18.2 Å². The molecule has 1 saturated heterocycles. The maximum absolute atomic E-state index is 11.9. The molecule has 0 aromatic heterocycles. The van der Waals surface area contributed by atoms with Crippen molar-refractivity contribution in [3.8, 4) is 11.8 Å². The summed E-state index contributed by atoms with van der Waals surface area (Å²) >= 11 is 0. The lowest BCUT2D eigenvalue weighted by Crippen LogP contribution is -2.41. The van der Waals surface area contributed by atoms with E-state index in [0.717, 1.165) is 18.6 Å². The Kier molecular flexibility index (Phi) is 5.39. The molecule has 0 radical (unpaired) electrons. The number of nitrogens with one attached hydrogen (secondary N) is 1. The predicted octanol–water partition coefficient (Wildman–Crippen LogP) is 1.17. The number of carbonyl (C=O) groups excluding carboxylic acids is 1. The molecule has 1 aromatic rings. The summed E-state index contributed by atoms with van der Waals surface area (Å²) in [6.07, 6.45) is 1.71. The molecule has 5 heteroatoms. The van der Waals surface area contributed by atoms with Crippen molar-refractivity contribution in [3.05, 3.63) is 30.3 Å². The number of rotatable bonds is 6. The number of nitrogens with zero attached hydrogens (tertiary/aromatic N) is 2. The quantitative estimate of drug-likeness (QED) is 0.790. The first kappa shape index (κ1) is 14.4. The first-order chi connectivity index (χ1) is 9.81. The van der Waals surface area contributed by atoms with Gasteiger partial charge < -0.3 is 15.0 Å². The third kappa shape index (κ3) is 3.97. The van der Waals surface area contributed by atoms with Crippen molar-refractivity contribution in [2.45, 2.75) is 18.9 Å². The lowest BCUT2D eigenvalue weighted by molar-refractivity contribution is -0.130. The molecule has 0 saturated carbocycles. The van der Waals surface area contributed by atoms with Crippen molar-refractivity contribution >= 4 is 5.91 Å². The molecule has 1 heterocycles. The van der Waals surface area contributed by atoms with E-state index in [1.807, 2.05) is 30.3 Å². The van der Waals surface area contributed by atoms with E-state index in [1.165, 1.54) is 0 Å². The predicted molar refractivity (Wildman–Crippen MR) is 75.2 cm³/mol. The largest absolute Gasteiger partial charge is 0.492 e. The molecule has 0 unspecified atom stereocenters. The lowest BCUT2D eigenvalue weighted by atomic mass is 10.2. The van der Waals surface area contributed by atoms with Crippen LogP contribution in [0.4, 0.5) is 0 Å². The molecule has 0 aliphatic carbocycles. The lowest BCUT2D eigenvalue weighted by Gasteiger charge is -2.19. The molecule has 1 atom stereocenters. The second-order valence-corrected chi connectivity index (χ2v) is 4.71. The molecule has 1 aliphatic heterocycles. The Bertz CT molecular complexity index is 470. The van der Waals surface area contributed by atoms with Gasteiger partial charge in [0.05, 0.1) is 12.6 Å². The molecule has 1 aromatic carbocycles. The topological polar surface area (TPSA) is 65.4 Å². The number of para-hydroxylation sites is 1. The second-order valence-electron chi connectivity index (χ2n) is 4.71. The molecule has 1 N–H and O–H groups in total. The zero-order chi connectivity index (χ0) is 14.2. The third-order valence-electron chi connectivity index (χ3n) is 3.29. The maximum atomic E-state index is 11.9. The SMILES string of the molecule is N#C[C@@H]1CCCN1C(=O)CNCCOc1ccccc1. The normalized spacial score (nSPS) is 17.8. The van der Waals surface area contributed by atoms with Gasteiger partial charge in [0.2, 0.25) is 5.91 Å². The van der Waals surface area contributed by atoms with Crippen molar-refractivity contribution in [2.75, 3.05) is 26.2 Å². The van der Waals surface area contributed by atoms with Gasteiger partial charge >= 0.3 is 0 Å². The van der Waals surface area contributed by atoms with Gasteiger partial charge in [0, 0.05) is 13.1 Å². The summed E-state index contributed by atoms with van der Waals surface area (Å²) in [5.41, 5.74) is 0. The Labute approximate surface area is 119 Å². The van der Waals surface area contributed by atoms with Crippen LogP contribution in [0, 0.1) is 11.3 Å². The van der Waals surface area contributed by atoms with Crippen LogP contribution in [-0.4, -0.2) is 43.1 Å². The molecular formula is C15H19N3O2. The molecule has 2 rings (SSSR count). The van der Waals surface area contributed by atoms with E-state index < -0.39 is 0 Å². The van der Waals surface area contributed by atoms with Crippen LogP contribution in [-0.2, 0) is 4.79 Å². The van der Waals surface area contributed by atoms with Crippen molar-refractivity contribution in [1.29, 1.82) is 5.26 Å². The Morgan fingerprint density at radius 2 is 2.25 bits per heavy atom. The van der Waals surface area contributed by atoms with E-state index in [0.29, 0.717) is 19.7 Å². The van der Waals surface area contributed by atoms with Gasteiger partial charge in [0.1, 0.15) is 18.4 Å². The number of benzene rings is 1. The highest BCUT2D eigenvalue weighted by Gasteiger charge is 2.27. The molecule has 1 aliphatic rings. The number of hydrogen-bond acceptors (Lipinski definition) is 4. The summed E-state index contributed by atoms with van der Waals surface area (Å²) in [5, 5.41) is 12.0. The number of carbonyl (C=O) groups is 1. The molecule has 0 bridgehead atoms. The summed E-state index contributed by atoms with van der Waals surface area (Å²) in [6.45, 7) is 2.07. The maximum Gasteiger partial charge on any atom is 0.237 e. The Hall–Kier alpha value is -2.06. The van der Waals surface area contributed by atoms with E-state index >= 15 is 0 Å². The summed E-state index contributed by atoms with van der Waals surface area (Å²) in [7, 11) is 0. The van der Waals surface area contributed by atoms with E-state index in [4.69, 9.17) is 10.00 Å². The third-order valence-corrected chi connectivity index (χ3v) is 3.29. The van der Waals surface area contributed by atoms with Crippen LogP contribution >= 0.6 is 0 Å². The molecular weight excluding hydrogens is 254 g/mol. The minimum atomic E-state index is -0.245. The molecule has 1 fully saturated rings. The summed E-state index contributed by atoms with van der Waals surface area (Å²) in [6, 6.07) is 11.5. The van der Waals surface area contributed by atoms with Gasteiger partial charge in [-0.05, 0) is 25.0 Å². The summed E-state index contributed by atoms with van der Waals surface area (Å²) in [5.74, 6) is 0.818. The van der Waals surface area contributed by atoms with Crippen molar-refractivity contribution < 1.29 is 9.53 Å². The van der Waals surface area contributed by atoms with Gasteiger partial charge in [-0.15, -0.1) is 0 Å². The van der Waals surface area contributed by atoms with Crippen molar-refractivity contribution in [1.82, 2.24) is 10.2 Å². The molecule has 1 amide bonds. The van der Waals surface area contributed by atoms with Crippen LogP contribution in [0.5, 0.6) is 5.75 Å². The highest BCUT2D eigenvalue weighted by atomic mass is 16.5. The van der Waals surface area contributed by atoms with Crippen molar-refractivity contribution in [2.24, 2.45) is 0 Å². The minimum Gasteiger partial charge on any atom is -0.492 e. The van der Waals surface area contributed by atoms with Gasteiger partial charge in [-0.2, -0.15) is 5.26 Å². The van der Waals surface area contributed by atoms with E-state index in [1.54, 1.807) is 4.90 Å². The number of nitriles is 1. The fourth-order valence-electron chi connectivity index (χ4n) is 2.25. The van der Waals surface area contributed by atoms with E-state index in [-0.39, 0.29) is 18.5 Å². The standard InChI is InChI=1S/C15H19N3O2/c16-11-13-5-4-9-18(13)15(19)12-17-8-10-20-14-6-2-1-3-7-14/h1-3,6-7,13,17H,4-5,8-10,12H2/t13-/m0/s1. The van der Waals surface area contributed by atoms with E-state index in [9.17, 15) is 4.79 Å². The summed E-state index contributed by atoms with van der Waals surface area (Å²) in [4.78, 5) is 13.6. The smallest absolute Gasteiger partial charge is 0.237 e. The minimum absolute atomic E-state index is 0.00578. The highest BCUT2D eigenvalue weighted by molar-refractivity contribution is 5.79. The van der Waals surface area contributed by atoms with Crippen LogP contribution in [0.1, 0.15) is 12.8 Å². The fourth-order valence-corrected chi connectivity index (χ4v) is 2.25. The van der Waals surface area contributed by atoms with Crippen LogP contribution in [0.15, 0.2) is 30.3 Å². The van der Waals surface area contributed by atoms with Gasteiger partial charge in [-0.3, -0.25) is 4.79 Å².